The lowest BCUT2D eigenvalue weighted by Crippen LogP contribution is -2.45. The lowest BCUT2D eigenvalue weighted by atomic mass is 10.0. The molecule has 6 nitrogen and oxygen atoms in total. The van der Waals surface area contributed by atoms with Gasteiger partial charge in [0.05, 0.1) is 25.4 Å². The van der Waals surface area contributed by atoms with E-state index in [1.165, 1.54) is 334 Å². The molecule has 0 aliphatic heterocycles. The summed E-state index contributed by atoms with van der Waals surface area (Å²) in [5.74, 6) is -0.0109. The maximum atomic E-state index is 12.5. The molecular weight excluding hydrogens is 959 g/mol. The van der Waals surface area contributed by atoms with Crippen LogP contribution in [-0.4, -0.2) is 47.4 Å². The number of hydrogen-bond donors (Lipinski definition) is 3. The minimum absolute atomic E-state index is 0.0172. The molecule has 0 rings (SSSR count). The number of ether oxygens (including phenoxy) is 1. The Morgan fingerprint density at radius 3 is 0.910 bits per heavy atom. The number of aliphatic hydroxyl groups excluding tert-OH is 2. The van der Waals surface area contributed by atoms with Gasteiger partial charge in [0.15, 0.2) is 0 Å². The number of carbonyl (C=O) groups is 2. The van der Waals surface area contributed by atoms with Crippen LogP contribution in [-0.2, 0) is 14.3 Å². The van der Waals surface area contributed by atoms with Crippen LogP contribution < -0.4 is 5.32 Å². The Morgan fingerprint density at radius 1 is 0.346 bits per heavy atom. The fraction of sp³-hybridized carbons (Fsp3) is 0.944. The summed E-state index contributed by atoms with van der Waals surface area (Å²) in [6, 6.07) is -0.538. The summed E-state index contributed by atoms with van der Waals surface area (Å²) in [6.45, 7) is 4.99. The number of hydrogen-bond acceptors (Lipinski definition) is 5. The van der Waals surface area contributed by atoms with Crippen molar-refractivity contribution < 1.29 is 24.5 Å². The lowest BCUT2D eigenvalue weighted by molar-refractivity contribution is -0.143. The monoisotopic (exact) mass is 1100 g/mol. The van der Waals surface area contributed by atoms with Crippen LogP contribution >= 0.6 is 0 Å². The van der Waals surface area contributed by atoms with Gasteiger partial charge in [-0.25, -0.2) is 0 Å². The highest BCUT2D eigenvalue weighted by molar-refractivity contribution is 5.76. The van der Waals surface area contributed by atoms with Gasteiger partial charge in [0.2, 0.25) is 5.91 Å². The summed E-state index contributed by atoms with van der Waals surface area (Å²) in [6.07, 6.45) is 84.1. The van der Waals surface area contributed by atoms with E-state index < -0.39 is 12.1 Å². The van der Waals surface area contributed by atoms with Crippen molar-refractivity contribution in [2.24, 2.45) is 0 Å². The van der Waals surface area contributed by atoms with Gasteiger partial charge in [-0.05, 0) is 51.4 Å². The van der Waals surface area contributed by atoms with Gasteiger partial charge in [-0.3, -0.25) is 9.59 Å². The number of rotatable bonds is 68. The van der Waals surface area contributed by atoms with Gasteiger partial charge in [-0.2, -0.15) is 0 Å². The molecule has 0 aromatic rings. The van der Waals surface area contributed by atoms with Crippen molar-refractivity contribution in [3.05, 3.63) is 12.2 Å². The normalized spacial score (nSPS) is 12.5. The van der Waals surface area contributed by atoms with Crippen molar-refractivity contribution in [2.75, 3.05) is 13.2 Å². The summed E-state index contributed by atoms with van der Waals surface area (Å²) in [5.41, 5.74) is 0. The van der Waals surface area contributed by atoms with Crippen LogP contribution in [0.3, 0.4) is 0 Å². The number of allylic oxidation sites excluding steroid dienone is 2. The molecule has 2 atom stereocenters. The zero-order valence-electron chi connectivity index (χ0n) is 53.2. The van der Waals surface area contributed by atoms with Gasteiger partial charge < -0.3 is 20.3 Å². The molecule has 0 aliphatic carbocycles. The van der Waals surface area contributed by atoms with Gasteiger partial charge in [-0.1, -0.05) is 360 Å². The average Bonchev–Trinajstić information content (AvgIpc) is 3.44. The molecule has 0 saturated heterocycles. The topological polar surface area (TPSA) is 95.9 Å². The average molecular weight is 1100 g/mol. The van der Waals surface area contributed by atoms with Crippen molar-refractivity contribution in [1.82, 2.24) is 5.32 Å². The molecule has 0 saturated carbocycles. The Hall–Kier alpha value is -1.40. The lowest BCUT2D eigenvalue weighted by Gasteiger charge is -2.22. The molecule has 1 amide bonds. The van der Waals surface area contributed by atoms with Gasteiger partial charge in [0, 0.05) is 12.8 Å². The molecule has 464 valence electrons. The third-order valence-corrected chi connectivity index (χ3v) is 17.1. The number of esters is 1. The first-order chi connectivity index (χ1) is 38.5. The highest BCUT2D eigenvalue weighted by Gasteiger charge is 2.20. The molecule has 0 aromatic carbocycles. The molecule has 0 heterocycles. The number of amides is 1. The molecule has 6 heteroatoms. The minimum atomic E-state index is -0.661. The number of carbonyl (C=O) groups excluding carboxylic acids is 2. The van der Waals surface area contributed by atoms with E-state index in [9.17, 15) is 19.8 Å². The fourth-order valence-electron chi connectivity index (χ4n) is 11.6. The molecule has 0 aliphatic rings. The summed E-state index contributed by atoms with van der Waals surface area (Å²) in [5, 5.41) is 23.3. The predicted molar refractivity (Wildman–Crippen MR) is 343 cm³/mol. The minimum Gasteiger partial charge on any atom is -0.466 e. The molecular formula is C72H141NO5. The molecule has 0 aromatic heterocycles. The predicted octanol–water partition coefficient (Wildman–Crippen LogP) is 23.1. The Morgan fingerprint density at radius 2 is 0.603 bits per heavy atom. The summed E-state index contributed by atoms with van der Waals surface area (Å²) < 4.78 is 5.51. The van der Waals surface area contributed by atoms with Gasteiger partial charge in [-0.15, -0.1) is 0 Å². The Bertz CT molecular complexity index is 1180. The van der Waals surface area contributed by atoms with E-state index in [-0.39, 0.29) is 18.5 Å². The van der Waals surface area contributed by atoms with Crippen molar-refractivity contribution in [1.29, 1.82) is 0 Å². The van der Waals surface area contributed by atoms with Crippen LogP contribution in [0, 0.1) is 0 Å². The standard InChI is InChI=1S/C72H141NO5/c1-3-5-7-9-11-13-15-17-19-33-38-42-46-50-54-58-62-66-72(77)78-67-63-59-55-51-47-43-39-35-32-30-28-26-24-22-20-21-23-25-27-29-31-34-37-41-45-49-53-57-61-65-71(76)73-69(68-74)70(75)64-60-56-52-48-44-40-36-18-16-14-12-10-8-6-4-2/h17,19,69-70,74-75H,3-16,18,20-68H2,1-2H3,(H,73,76)/b19-17-. The molecule has 2 unspecified atom stereocenters. The molecule has 0 radical (unpaired) electrons. The van der Waals surface area contributed by atoms with Gasteiger partial charge in [0.1, 0.15) is 0 Å². The van der Waals surface area contributed by atoms with E-state index in [1.807, 2.05) is 0 Å². The molecule has 0 fully saturated rings. The third kappa shape index (κ3) is 63.8. The quantitative estimate of drug-likeness (QED) is 0.0320. The van der Waals surface area contributed by atoms with Crippen LogP contribution in [0.25, 0.3) is 0 Å². The van der Waals surface area contributed by atoms with Crippen LogP contribution in [0.2, 0.25) is 0 Å². The Kier molecular flexibility index (Phi) is 66.9. The Labute approximate surface area is 489 Å². The maximum absolute atomic E-state index is 12.5. The van der Waals surface area contributed by atoms with Crippen molar-refractivity contribution in [3.8, 4) is 0 Å². The van der Waals surface area contributed by atoms with Crippen LogP contribution in [0.1, 0.15) is 412 Å². The van der Waals surface area contributed by atoms with E-state index in [2.05, 4.69) is 31.3 Å². The highest BCUT2D eigenvalue weighted by atomic mass is 16.5. The SMILES string of the molecule is CCCCCCCC/C=C\CCCCCCCCCC(=O)OCCCCCCCCCCCCCCCCCCCCCCCCCCCCCCCC(=O)NC(CO)C(O)CCCCCCCCCCCCCCCCC. The Balaban J connectivity index is 3.32. The summed E-state index contributed by atoms with van der Waals surface area (Å²) in [7, 11) is 0. The van der Waals surface area contributed by atoms with E-state index >= 15 is 0 Å². The largest absolute Gasteiger partial charge is 0.466 e. The number of aliphatic hydroxyl groups is 2. The molecule has 3 N–H and O–H groups in total. The molecule has 78 heavy (non-hydrogen) atoms. The van der Waals surface area contributed by atoms with E-state index in [0.29, 0.717) is 25.9 Å². The zero-order valence-corrected chi connectivity index (χ0v) is 53.2. The molecule has 0 bridgehead atoms. The van der Waals surface area contributed by atoms with Crippen LogP contribution in [0.4, 0.5) is 0 Å². The summed E-state index contributed by atoms with van der Waals surface area (Å²) in [4.78, 5) is 24.6. The first-order valence-corrected chi connectivity index (χ1v) is 35.9. The van der Waals surface area contributed by atoms with Crippen LogP contribution in [0.5, 0.6) is 0 Å². The van der Waals surface area contributed by atoms with E-state index in [4.69, 9.17) is 4.74 Å². The third-order valence-electron chi connectivity index (χ3n) is 17.1. The second kappa shape index (κ2) is 68.1. The second-order valence-electron chi connectivity index (χ2n) is 24.9. The second-order valence-corrected chi connectivity index (χ2v) is 24.9. The van der Waals surface area contributed by atoms with Crippen LogP contribution in [0.15, 0.2) is 12.2 Å². The maximum Gasteiger partial charge on any atom is 0.305 e. The number of unbranched alkanes of at least 4 members (excludes halogenated alkanes) is 55. The van der Waals surface area contributed by atoms with Crippen molar-refractivity contribution >= 4 is 11.9 Å². The first kappa shape index (κ1) is 76.6. The first-order valence-electron chi connectivity index (χ1n) is 35.9. The smallest absolute Gasteiger partial charge is 0.305 e. The van der Waals surface area contributed by atoms with Crippen molar-refractivity contribution in [2.45, 2.75) is 424 Å². The van der Waals surface area contributed by atoms with E-state index in [0.717, 1.165) is 44.9 Å². The van der Waals surface area contributed by atoms with Gasteiger partial charge >= 0.3 is 5.97 Å². The van der Waals surface area contributed by atoms with E-state index in [1.54, 1.807) is 0 Å². The van der Waals surface area contributed by atoms with Gasteiger partial charge in [0.25, 0.3) is 0 Å². The fourth-order valence-corrected chi connectivity index (χ4v) is 11.6. The molecule has 0 spiro atoms. The highest BCUT2D eigenvalue weighted by Crippen LogP contribution is 2.19. The summed E-state index contributed by atoms with van der Waals surface area (Å²) >= 11 is 0. The van der Waals surface area contributed by atoms with Crippen molar-refractivity contribution in [3.63, 3.8) is 0 Å². The number of nitrogens with one attached hydrogen (secondary N) is 1. The zero-order chi connectivity index (χ0) is 56.4.